The molecule has 0 amide bonds. The molecule has 0 saturated carbocycles. The monoisotopic (exact) mass is 338 g/mol. The van der Waals surface area contributed by atoms with Crippen LogP contribution < -0.4 is 0 Å². The molecule has 4 aliphatic rings. The maximum absolute atomic E-state index is 2.70. The Hall–Kier alpha value is 0.860. The van der Waals surface area contributed by atoms with Gasteiger partial charge in [0.1, 0.15) is 0 Å². The number of fused-ring (bicyclic) bond motifs is 4. The van der Waals surface area contributed by atoms with Gasteiger partial charge in [-0.1, -0.05) is 39.5 Å². The summed E-state index contributed by atoms with van der Waals surface area (Å²) in [6, 6.07) is 0. The lowest BCUT2D eigenvalue weighted by Crippen LogP contribution is -2.49. The third-order valence-corrected chi connectivity index (χ3v) is 13.2. The van der Waals surface area contributed by atoms with Gasteiger partial charge in [0.25, 0.3) is 0 Å². The molecule has 0 spiro atoms. The fraction of sp³-hybridized carbons (Fsp3) is 1.00. The molecule has 0 N–H and O–H groups in total. The standard InChI is InChI=1S/C20H36P2/c1-15(19-11-3-7-17(21-19)8-4-12-19)16(2)20-13-5-9-18(22-20)10-6-14-20/h15-18,21-22H,3-14H2,1-2H3. The zero-order chi connectivity index (χ0) is 15.2. The van der Waals surface area contributed by atoms with Gasteiger partial charge in [0.15, 0.2) is 0 Å². The molecule has 4 saturated heterocycles. The molecule has 0 aromatic rings. The molecule has 0 nitrogen and oxygen atoms in total. The van der Waals surface area contributed by atoms with Gasteiger partial charge in [0.2, 0.25) is 0 Å². The fourth-order valence-electron chi connectivity index (χ4n) is 6.72. The van der Waals surface area contributed by atoms with Crippen LogP contribution in [0.3, 0.4) is 0 Å². The molecule has 0 radical (unpaired) electrons. The van der Waals surface area contributed by atoms with E-state index in [1.807, 2.05) is 0 Å². The molecule has 22 heavy (non-hydrogen) atoms. The van der Waals surface area contributed by atoms with Crippen LogP contribution in [0, 0.1) is 11.8 Å². The Morgan fingerprint density at radius 2 is 0.955 bits per heavy atom. The Labute approximate surface area is 141 Å². The third-order valence-electron chi connectivity index (χ3n) is 8.18. The van der Waals surface area contributed by atoms with Crippen molar-refractivity contribution in [3.05, 3.63) is 0 Å². The lowest BCUT2D eigenvalue weighted by molar-refractivity contribution is 0.168. The van der Waals surface area contributed by atoms with E-state index in [4.69, 9.17) is 0 Å². The highest BCUT2D eigenvalue weighted by molar-refractivity contribution is 7.41. The molecule has 4 unspecified atom stereocenters. The summed E-state index contributed by atoms with van der Waals surface area (Å²) < 4.78 is 0. The summed E-state index contributed by atoms with van der Waals surface area (Å²) in [7, 11) is 2.63. The van der Waals surface area contributed by atoms with E-state index in [0.29, 0.717) is 0 Å². The Morgan fingerprint density at radius 1 is 0.636 bits per heavy atom. The molecule has 4 atom stereocenters. The van der Waals surface area contributed by atoms with Crippen LogP contribution in [0.4, 0.5) is 0 Å². The minimum Gasteiger partial charge on any atom is -0.112 e. The van der Waals surface area contributed by atoms with E-state index >= 15 is 0 Å². The van der Waals surface area contributed by atoms with Crippen LogP contribution in [0.1, 0.15) is 90.9 Å². The van der Waals surface area contributed by atoms with E-state index in [0.717, 1.165) is 33.5 Å². The van der Waals surface area contributed by atoms with Crippen LogP contribution in [-0.2, 0) is 0 Å². The molecule has 4 aliphatic heterocycles. The normalized spacial score (nSPS) is 49.9. The van der Waals surface area contributed by atoms with Crippen LogP contribution in [0.15, 0.2) is 0 Å². The van der Waals surface area contributed by atoms with Crippen molar-refractivity contribution in [2.75, 3.05) is 0 Å². The summed E-state index contributed by atoms with van der Waals surface area (Å²) in [6.07, 6.45) is 18.8. The molecular weight excluding hydrogens is 302 g/mol. The van der Waals surface area contributed by atoms with Gasteiger partial charge in [-0.25, -0.2) is 0 Å². The summed E-state index contributed by atoms with van der Waals surface area (Å²) >= 11 is 0. The van der Waals surface area contributed by atoms with E-state index in [1.54, 1.807) is 77.0 Å². The first-order valence-corrected chi connectivity index (χ1v) is 12.3. The van der Waals surface area contributed by atoms with E-state index in [2.05, 4.69) is 13.8 Å². The molecule has 2 heteroatoms. The highest BCUT2D eigenvalue weighted by Crippen LogP contribution is 2.64. The first-order chi connectivity index (χ1) is 10.6. The second-order valence-electron chi connectivity index (χ2n) is 9.14. The molecule has 126 valence electrons. The van der Waals surface area contributed by atoms with Crippen LogP contribution in [-0.4, -0.2) is 21.6 Å². The molecule has 4 rings (SSSR count). The average molecular weight is 338 g/mol. The summed E-state index contributed by atoms with van der Waals surface area (Å²) in [5, 5.41) is 1.56. The van der Waals surface area contributed by atoms with E-state index in [1.165, 1.54) is 17.2 Å². The van der Waals surface area contributed by atoms with Crippen molar-refractivity contribution in [1.29, 1.82) is 0 Å². The summed E-state index contributed by atoms with van der Waals surface area (Å²) in [5.74, 6) is 2.00. The minimum atomic E-state index is 0.782. The highest BCUT2D eigenvalue weighted by Gasteiger charge is 2.51. The van der Waals surface area contributed by atoms with Gasteiger partial charge in [0.05, 0.1) is 0 Å². The van der Waals surface area contributed by atoms with Gasteiger partial charge in [-0.3, -0.25) is 0 Å². The topological polar surface area (TPSA) is 0 Å². The van der Waals surface area contributed by atoms with E-state index in [-0.39, 0.29) is 0 Å². The Bertz CT molecular complexity index is 347. The molecule has 0 aromatic heterocycles. The van der Waals surface area contributed by atoms with Crippen molar-refractivity contribution in [1.82, 2.24) is 0 Å². The van der Waals surface area contributed by atoms with Crippen molar-refractivity contribution in [3.63, 3.8) is 0 Å². The van der Waals surface area contributed by atoms with Crippen molar-refractivity contribution in [2.45, 2.75) is 113 Å². The molecule has 0 aliphatic carbocycles. The Kier molecular flexibility index (Phi) is 4.68. The maximum atomic E-state index is 2.70. The zero-order valence-electron chi connectivity index (χ0n) is 14.8. The van der Waals surface area contributed by atoms with Crippen LogP contribution in [0.5, 0.6) is 0 Å². The van der Waals surface area contributed by atoms with Crippen LogP contribution in [0.2, 0.25) is 0 Å². The van der Waals surface area contributed by atoms with Crippen molar-refractivity contribution in [3.8, 4) is 0 Å². The third kappa shape index (κ3) is 2.73. The zero-order valence-corrected chi connectivity index (χ0v) is 16.8. The quantitative estimate of drug-likeness (QED) is 0.511. The Morgan fingerprint density at radius 3 is 1.27 bits per heavy atom. The SMILES string of the molecule is CC(C(C)C12CCCC(CCC1)P2)C12CCCC(CCC1)P2. The largest absolute Gasteiger partial charge is 0.112 e. The number of rotatable bonds is 3. The summed E-state index contributed by atoms with van der Waals surface area (Å²) in [4.78, 5) is 0. The predicted octanol–water partition coefficient (Wildman–Crippen LogP) is 6.57. The van der Waals surface area contributed by atoms with Gasteiger partial charge < -0.3 is 0 Å². The summed E-state index contributed by atoms with van der Waals surface area (Å²) in [6.45, 7) is 5.39. The number of hydrogen-bond donors (Lipinski definition) is 0. The minimum absolute atomic E-state index is 0.782. The molecule has 4 fully saturated rings. The van der Waals surface area contributed by atoms with E-state index in [9.17, 15) is 0 Å². The summed E-state index contributed by atoms with van der Waals surface area (Å²) in [5.41, 5.74) is 2.25. The second kappa shape index (κ2) is 6.30. The second-order valence-corrected chi connectivity index (χ2v) is 13.3. The fourth-order valence-corrected chi connectivity index (χ4v) is 12.0. The van der Waals surface area contributed by atoms with Gasteiger partial charge in [-0.05, 0) is 84.8 Å². The smallest absolute Gasteiger partial charge is 0.00910 e. The van der Waals surface area contributed by atoms with Crippen molar-refractivity contribution >= 4 is 17.2 Å². The molecular formula is C20H36P2. The van der Waals surface area contributed by atoms with Crippen molar-refractivity contribution in [2.24, 2.45) is 11.8 Å². The van der Waals surface area contributed by atoms with Crippen LogP contribution in [0.25, 0.3) is 0 Å². The van der Waals surface area contributed by atoms with Crippen molar-refractivity contribution < 1.29 is 0 Å². The maximum Gasteiger partial charge on any atom is -0.00910 e. The lowest BCUT2D eigenvalue weighted by atomic mass is 9.68. The van der Waals surface area contributed by atoms with E-state index < -0.39 is 0 Å². The Balaban J connectivity index is 1.55. The first-order valence-electron chi connectivity index (χ1n) is 10.2. The highest BCUT2D eigenvalue weighted by atomic mass is 31.1. The van der Waals surface area contributed by atoms with Gasteiger partial charge in [-0.2, -0.15) is 0 Å². The number of hydrogen-bond acceptors (Lipinski definition) is 0. The molecule has 0 aromatic carbocycles. The van der Waals surface area contributed by atoms with Gasteiger partial charge in [-0.15, -0.1) is 17.2 Å². The average Bonchev–Trinajstić information content (AvgIpc) is 2.53. The van der Waals surface area contributed by atoms with Gasteiger partial charge in [0, 0.05) is 0 Å². The molecule has 4 heterocycles. The van der Waals surface area contributed by atoms with Crippen LogP contribution >= 0.6 is 17.2 Å². The van der Waals surface area contributed by atoms with Gasteiger partial charge >= 0.3 is 0 Å². The first kappa shape index (κ1) is 16.3. The molecule has 4 bridgehead atoms. The predicted molar refractivity (Wildman–Crippen MR) is 103 cm³/mol. The lowest BCUT2D eigenvalue weighted by Gasteiger charge is -2.57.